The second-order valence-electron chi connectivity index (χ2n) is 6.06. The Hall–Kier alpha value is -3.47. The number of hydrogen-bond donors (Lipinski definition) is 2. The number of nitrogens with one attached hydrogen (secondary N) is 2. The number of benzene rings is 3. The van der Waals surface area contributed by atoms with Crippen LogP contribution >= 0.6 is 0 Å². The van der Waals surface area contributed by atoms with Gasteiger partial charge < -0.3 is 10.6 Å². The summed E-state index contributed by atoms with van der Waals surface area (Å²) in [7, 11) is 0. The van der Waals surface area contributed by atoms with E-state index in [0.29, 0.717) is 23.2 Å². The molecule has 0 spiro atoms. The average molecular weight is 409 g/mol. The normalized spacial score (nSPS) is 9.23. The van der Waals surface area contributed by atoms with Gasteiger partial charge in [0.2, 0.25) is 6.41 Å². The van der Waals surface area contributed by atoms with Crippen LogP contribution in [0.15, 0.2) is 72.8 Å². The van der Waals surface area contributed by atoms with E-state index in [4.69, 9.17) is 0 Å². The molecule has 3 aromatic carbocycles. The van der Waals surface area contributed by atoms with Crippen LogP contribution in [-0.2, 0) is 11.2 Å². The van der Waals surface area contributed by atoms with Crippen LogP contribution in [0.25, 0.3) is 0 Å². The van der Waals surface area contributed by atoms with E-state index in [9.17, 15) is 14.0 Å². The van der Waals surface area contributed by atoms with Crippen molar-refractivity contribution in [3.05, 3.63) is 95.3 Å². The monoisotopic (exact) mass is 408 g/mol. The van der Waals surface area contributed by atoms with Crippen molar-refractivity contribution in [1.29, 1.82) is 0 Å². The number of hydrogen-bond acceptors (Lipinski definition) is 2. The highest BCUT2D eigenvalue weighted by molar-refractivity contribution is 6.08. The summed E-state index contributed by atoms with van der Waals surface area (Å²) in [4.78, 5) is 22.7. The summed E-state index contributed by atoms with van der Waals surface area (Å²) in [5.74, 6) is -0.383. The lowest BCUT2D eigenvalue weighted by Gasteiger charge is -2.09. The number of carbonyl (C=O) groups is 2. The molecule has 0 radical (unpaired) electrons. The Morgan fingerprint density at radius 3 is 2.07 bits per heavy atom. The number of para-hydroxylation sites is 1. The number of halogens is 1. The number of carbonyl (C=O) groups excluding carboxylic acids is 2. The zero-order valence-electron chi connectivity index (χ0n) is 17.9. The summed E-state index contributed by atoms with van der Waals surface area (Å²) in [6.07, 6.45) is 1.52. The second kappa shape index (κ2) is 13.7. The van der Waals surface area contributed by atoms with Gasteiger partial charge in [0.1, 0.15) is 5.82 Å². The molecule has 3 aromatic rings. The molecule has 2 N–H and O–H groups in total. The quantitative estimate of drug-likeness (QED) is 0.492. The molecule has 0 bridgehead atoms. The lowest BCUT2D eigenvalue weighted by molar-refractivity contribution is -0.105. The van der Waals surface area contributed by atoms with E-state index in [1.807, 2.05) is 44.2 Å². The Bertz CT molecular complexity index is 903. The maximum Gasteiger partial charge on any atom is 0.257 e. The fourth-order valence-electron chi connectivity index (χ4n) is 2.44. The van der Waals surface area contributed by atoms with Crippen molar-refractivity contribution in [1.82, 2.24) is 0 Å². The van der Waals surface area contributed by atoms with Gasteiger partial charge in [-0.3, -0.25) is 9.59 Å². The standard InChI is InChI=1S/C16H16N2O2.C7H7F.C2H6/c1-2-12-7-9-13(10-8-12)18-16(20)14-5-3-4-6-15(14)17-11-19;1-6-4-2-3-5-7(6)8;1-2/h3-11H,2H2,1H3,(H,17,19)(H,18,20);2-5H,1H3;1-2H3. The van der Waals surface area contributed by atoms with E-state index >= 15 is 0 Å². The van der Waals surface area contributed by atoms with Crippen molar-refractivity contribution in [2.45, 2.75) is 34.1 Å². The topological polar surface area (TPSA) is 58.2 Å². The van der Waals surface area contributed by atoms with Gasteiger partial charge in [-0.15, -0.1) is 0 Å². The molecule has 3 rings (SSSR count). The van der Waals surface area contributed by atoms with E-state index in [1.54, 1.807) is 43.3 Å². The lowest BCUT2D eigenvalue weighted by atomic mass is 10.1. The van der Waals surface area contributed by atoms with Gasteiger partial charge in [0, 0.05) is 5.69 Å². The van der Waals surface area contributed by atoms with Gasteiger partial charge in [0.15, 0.2) is 0 Å². The summed E-state index contributed by atoms with van der Waals surface area (Å²) >= 11 is 0. The van der Waals surface area contributed by atoms with Gasteiger partial charge in [-0.1, -0.05) is 63.2 Å². The predicted molar refractivity (Wildman–Crippen MR) is 122 cm³/mol. The minimum atomic E-state index is -0.251. The summed E-state index contributed by atoms with van der Waals surface area (Å²) in [6, 6.07) is 21.3. The molecule has 2 amide bonds. The number of rotatable bonds is 5. The SMILES string of the molecule is CC.CCc1ccc(NC(=O)c2ccccc2NC=O)cc1.Cc1ccccc1F. The van der Waals surface area contributed by atoms with Crippen LogP contribution in [0.3, 0.4) is 0 Å². The Kier molecular flexibility index (Phi) is 11.2. The van der Waals surface area contributed by atoms with Crippen LogP contribution in [0, 0.1) is 12.7 Å². The molecule has 30 heavy (non-hydrogen) atoms. The fraction of sp³-hybridized carbons (Fsp3) is 0.200. The summed E-state index contributed by atoms with van der Waals surface area (Å²) in [5, 5.41) is 5.33. The van der Waals surface area contributed by atoms with Crippen molar-refractivity contribution in [3.63, 3.8) is 0 Å². The van der Waals surface area contributed by atoms with E-state index < -0.39 is 0 Å². The van der Waals surface area contributed by atoms with Crippen molar-refractivity contribution in [2.75, 3.05) is 10.6 Å². The van der Waals surface area contributed by atoms with Crippen molar-refractivity contribution < 1.29 is 14.0 Å². The van der Waals surface area contributed by atoms with Crippen LogP contribution in [-0.4, -0.2) is 12.3 Å². The lowest BCUT2D eigenvalue weighted by Crippen LogP contribution is -2.14. The Morgan fingerprint density at radius 2 is 1.53 bits per heavy atom. The van der Waals surface area contributed by atoms with E-state index in [2.05, 4.69) is 17.6 Å². The number of anilines is 2. The van der Waals surface area contributed by atoms with Crippen LogP contribution < -0.4 is 10.6 Å². The van der Waals surface area contributed by atoms with Gasteiger partial charge in [0.05, 0.1) is 11.3 Å². The maximum atomic E-state index is 12.3. The first-order valence-electron chi connectivity index (χ1n) is 9.95. The fourth-order valence-corrected chi connectivity index (χ4v) is 2.44. The van der Waals surface area contributed by atoms with E-state index in [0.717, 1.165) is 12.1 Å². The highest BCUT2D eigenvalue weighted by atomic mass is 19.1. The third-order valence-electron chi connectivity index (χ3n) is 4.08. The smallest absolute Gasteiger partial charge is 0.257 e. The average Bonchev–Trinajstić information content (AvgIpc) is 2.79. The minimum Gasteiger partial charge on any atom is -0.328 e. The predicted octanol–water partition coefficient (Wildman–Crippen LogP) is 6.23. The van der Waals surface area contributed by atoms with Gasteiger partial charge >= 0.3 is 0 Å². The van der Waals surface area contributed by atoms with Crippen molar-refractivity contribution >= 4 is 23.7 Å². The highest BCUT2D eigenvalue weighted by Crippen LogP contribution is 2.17. The zero-order valence-corrected chi connectivity index (χ0v) is 17.9. The highest BCUT2D eigenvalue weighted by Gasteiger charge is 2.10. The molecule has 0 saturated heterocycles. The summed E-state index contributed by atoms with van der Waals surface area (Å²) < 4.78 is 12.3. The molecule has 0 unspecified atom stereocenters. The van der Waals surface area contributed by atoms with Crippen molar-refractivity contribution in [2.24, 2.45) is 0 Å². The van der Waals surface area contributed by atoms with E-state index in [1.165, 1.54) is 11.6 Å². The Morgan fingerprint density at radius 1 is 0.933 bits per heavy atom. The maximum absolute atomic E-state index is 12.3. The summed E-state index contributed by atoms with van der Waals surface area (Å²) in [6.45, 7) is 7.82. The zero-order chi connectivity index (χ0) is 22.4. The van der Waals surface area contributed by atoms with Gasteiger partial charge in [0.25, 0.3) is 5.91 Å². The molecule has 158 valence electrons. The van der Waals surface area contributed by atoms with Crippen LogP contribution in [0.4, 0.5) is 15.8 Å². The molecular weight excluding hydrogens is 379 g/mol. The third-order valence-corrected chi connectivity index (χ3v) is 4.08. The largest absolute Gasteiger partial charge is 0.328 e. The van der Waals surface area contributed by atoms with Gasteiger partial charge in [-0.2, -0.15) is 0 Å². The molecule has 0 aliphatic carbocycles. The molecule has 5 heteroatoms. The first-order valence-corrected chi connectivity index (χ1v) is 9.95. The number of amides is 2. The first kappa shape index (κ1) is 24.6. The van der Waals surface area contributed by atoms with Crippen LogP contribution in [0.5, 0.6) is 0 Å². The Balaban J connectivity index is 0.000000375. The molecular formula is C25H29FN2O2. The molecule has 0 aromatic heterocycles. The molecule has 0 heterocycles. The second-order valence-corrected chi connectivity index (χ2v) is 6.06. The first-order chi connectivity index (χ1) is 14.5. The molecule has 0 aliphatic rings. The molecule has 4 nitrogen and oxygen atoms in total. The van der Waals surface area contributed by atoms with Crippen molar-refractivity contribution in [3.8, 4) is 0 Å². The van der Waals surface area contributed by atoms with Crippen LogP contribution in [0.2, 0.25) is 0 Å². The minimum absolute atomic E-state index is 0.132. The summed E-state index contributed by atoms with van der Waals surface area (Å²) in [5.41, 5.74) is 3.57. The number of aryl methyl sites for hydroxylation is 2. The molecule has 0 fully saturated rings. The third kappa shape index (κ3) is 7.87. The Labute approximate surface area is 178 Å². The van der Waals surface area contributed by atoms with Gasteiger partial charge in [-0.25, -0.2) is 4.39 Å². The van der Waals surface area contributed by atoms with Gasteiger partial charge in [-0.05, 0) is 54.8 Å². The molecule has 0 aliphatic heterocycles. The molecule has 0 saturated carbocycles. The molecule has 0 atom stereocenters. The van der Waals surface area contributed by atoms with Crippen LogP contribution in [0.1, 0.15) is 42.3 Å². The van der Waals surface area contributed by atoms with E-state index in [-0.39, 0.29) is 11.7 Å².